The van der Waals surface area contributed by atoms with E-state index in [-0.39, 0.29) is 11.9 Å². The van der Waals surface area contributed by atoms with E-state index in [4.69, 9.17) is 0 Å². The highest BCUT2D eigenvalue weighted by Crippen LogP contribution is 2.19. The van der Waals surface area contributed by atoms with Gasteiger partial charge in [0.1, 0.15) is 0 Å². The van der Waals surface area contributed by atoms with Gasteiger partial charge in [0, 0.05) is 36.9 Å². The smallest absolute Gasteiger partial charge is 0.321 e. The first-order chi connectivity index (χ1) is 10.2. The van der Waals surface area contributed by atoms with Crippen LogP contribution in [0.25, 0.3) is 0 Å². The number of anilines is 2. The van der Waals surface area contributed by atoms with Crippen LogP contribution in [0.5, 0.6) is 0 Å². The van der Waals surface area contributed by atoms with E-state index in [2.05, 4.69) is 15.6 Å². The third kappa shape index (κ3) is 2.84. The van der Waals surface area contributed by atoms with Crippen molar-refractivity contribution >= 4 is 23.3 Å². The summed E-state index contributed by atoms with van der Waals surface area (Å²) in [6, 6.07) is 10.5. The minimum Gasteiger partial charge on any atom is -0.336 e. The molecule has 0 radical (unpaired) electrons. The number of aromatic nitrogens is 1. The van der Waals surface area contributed by atoms with E-state index < -0.39 is 0 Å². The molecule has 6 nitrogen and oxygen atoms in total. The van der Waals surface area contributed by atoms with Gasteiger partial charge in [0.2, 0.25) is 0 Å². The molecule has 0 bridgehead atoms. The van der Waals surface area contributed by atoms with Gasteiger partial charge >= 0.3 is 6.03 Å². The van der Waals surface area contributed by atoms with E-state index in [1.807, 2.05) is 12.1 Å². The topological polar surface area (TPSA) is 74.3 Å². The number of hydrogen-bond acceptors (Lipinski definition) is 3. The molecule has 0 spiro atoms. The minimum atomic E-state index is -0.213. The van der Waals surface area contributed by atoms with Gasteiger partial charge in [-0.25, -0.2) is 4.79 Å². The maximum Gasteiger partial charge on any atom is 0.321 e. The second-order valence-electron chi connectivity index (χ2n) is 4.63. The standard InChI is InChI=1S/C15H14N4O2/c20-14(11-2-1-7-16-10-11)18-12-3-5-13(6-4-12)19-9-8-17-15(19)21/h1-7,10H,8-9H2,(H,17,21)(H,18,20). The number of nitrogens with zero attached hydrogens (tertiary/aromatic N) is 2. The SMILES string of the molecule is O=C(Nc1ccc(N2CCNC2=O)cc1)c1cccnc1. The Hall–Kier alpha value is -2.89. The van der Waals surface area contributed by atoms with E-state index >= 15 is 0 Å². The third-order valence-corrected chi connectivity index (χ3v) is 3.22. The molecule has 2 aromatic rings. The van der Waals surface area contributed by atoms with Crippen molar-refractivity contribution in [2.24, 2.45) is 0 Å². The second-order valence-corrected chi connectivity index (χ2v) is 4.63. The first-order valence-corrected chi connectivity index (χ1v) is 6.61. The van der Waals surface area contributed by atoms with Crippen LogP contribution in [0.3, 0.4) is 0 Å². The van der Waals surface area contributed by atoms with E-state index in [1.54, 1.807) is 35.4 Å². The zero-order chi connectivity index (χ0) is 14.7. The zero-order valence-electron chi connectivity index (χ0n) is 11.2. The summed E-state index contributed by atoms with van der Waals surface area (Å²) >= 11 is 0. The van der Waals surface area contributed by atoms with Gasteiger partial charge in [-0.2, -0.15) is 0 Å². The van der Waals surface area contributed by atoms with Crippen molar-refractivity contribution < 1.29 is 9.59 Å². The van der Waals surface area contributed by atoms with Crippen molar-refractivity contribution in [3.63, 3.8) is 0 Å². The van der Waals surface area contributed by atoms with Crippen LogP contribution < -0.4 is 15.5 Å². The van der Waals surface area contributed by atoms with Crippen molar-refractivity contribution in [2.45, 2.75) is 0 Å². The van der Waals surface area contributed by atoms with E-state index in [1.165, 1.54) is 6.20 Å². The molecule has 1 aromatic heterocycles. The van der Waals surface area contributed by atoms with Crippen molar-refractivity contribution in [1.29, 1.82) is 0 Å². The molecule has 2 heterocycles. The van der Waals surface area contributed by atoms with E-state index in [9.17, 15) is 9.59 Å². The van der Waals surface area contributed by atoms with E-state index in [0.29, 0.717) is 24.3 Å². The van der Waals surface area contributed by atoms with Crippen LogP contribution in [0, 0.1) is 0 Å². The minimum absolute atomic E-state index is 0.0952. The van der Waals surface area contributed by atoms with Gasteiger partial charge in [-0.1, -0.05) is 0 Å². The number of rotatable bonds is 3. The summed E-state index contributed by atoms with van der Waals surface area (Å²) in [7, 11) is 0. The van der Waals surface area contributed by atoms with Gasteiger partial charge in [-0.15, -0.1) is 0 Å². The molecule has 3 amide bonds. The van der Waals surface area contributed by atoms with Crippen molar-refractivity contribution in [1.82, 2.24) is 10.3 Å². The number of benzene rings is 1. The molecule has 2 N–H and O–H groups in total. The zero-order valence-corrected chi connectivity index (χ0v) is 11.2. The maximum atomic E-state index is 12.0. The number of carbonyl (C=O) groups is 2. The number of urea groups is 1. The lowest BCUT2D eigenvalue weighted by atomic mass is 10.2. The molecule has 1 fully saturated rings. The van der Waals surface area contributed by atoms with Crippen LogP contribution in [-0.4, -0.2) is 30.0 Å². The van der Waals surface area contributed by atoms with Crippen LogP contribution in [0.1, 0.15) is 10.4 Å². The van der Waals surface area contributed by atoms with Gasteiger partial charge in [0.25, 0.3) is 5.91 Å². The summed E-state index contributed by atoms with van der Waals surface area (Å²) in [5, 5.41) is 5.54. The summed E-state index contributed by atoms with van der Waals surface area (Å²) in [5.74, 6) is -0.213. The Morgan fingerprint density at radius 1 is 1.24 bits per heavy atom. The van der Waals surface area contributed by atoms with Crippen LogP contribution in [0.4, 0.5) is 16.2 Å². The molecule has 1 aromatic carbocycles. The molecular formula is C15H14N4O2. The Morgan fingerprint density at radius 3 is 2.67 bits per heavy atom. The quantitative estimate of drug-likeness (QED) is 0.902. The summed E-state index contributed by atoms with van der Waals surface area (Å²) in [4.78, 5) is 29.1. The fraction of sp³-hybridized carbons (Fsp3) is 0.133. The number of amides is 3. The second kappa shape index (κ2) is 5.62. The Bertz CT molecular complexity index is 655. The Labute approximate surface area is 121 Å². The average molecular weight is 282 g/mol. The average Bonchev–Trinajstić information content (AvgIpc) is 2.95. The van der Waals surface area contributed by atoms with Crippen molar-refractivity contribution in [2.75, 3.05) is 23.3 Å². The molecule has 1 aliphatic rings. The Kier molecular flexibility index (Phi) is 3.51. The van der Waals surface area contributed by atoms with Crippen LogP contribution in [0.2, 0.25) is 0 Å². The molecule has 0 unspecified atom stereocenters. The summed E-state index contributed by atoms with van der Waals surface area (Å²) < 4.78 is 0. The third-order valence-electron chi connectivity index (χ3n) is 3.22. The highest BCUT2D eigenvalue weighted by Gasteiger charge is 2.20. The highest BCUT2D eigenvalue weighted by atomic mass is 16.2. The number of hydrogen-bond donors (Lipinski definition) is 2. The lowest BCUT2D eigenvalue weighted by Gasteiger charge is -2.14. The normalized spacial score (nSPS) is 13.9. The Balaban J connectivity index is 1.70. The first kappa shape index (κ1) is 13.1. The Morgan fingerprint density at radius 2 is 2.05 bits per heavy atom. The molecule has 3 rings (SSSR count). The monoisotopic (exact) mass is 282 g/mol. The number of nitrogens with one attached hydrogen (secondary N) is 2. The van der Waals surface area contributed by atoms with Crippen LogP contribution in [0.15, 0.2) is 48.8 Å². The fourth-order valence-electron chi connectivity index (χ4n) is 2.14. The molecule has 21 heavy (non-hydrogen) atoms. The van der Waals surface area contributed by atoms with Crippen molar-refractivity contribution in [3.05, 3.63) is 54.4 Å². The van der Waals surface area contributed by atoms with Crippen LogP contribution >= 0.6 is 0 Å². The number of carbonyl (C=O) groups excluding carboxylic acids is 2. The summed E-state index contributed by atoms with van der Waals surface area (Å²) in [6.45, 7) is 1.30. The van der Waals surface area contributed by atoms with Crippen molar-refractivity contribution in [3.8, 4) is 0 Å². The highest BCUT2D eigenvalue weighted by molar-refractivity contribution is 6.04. The fourth-order valence-corrected chi connectivity index (χ4v) is 2.14. The van der Waals surface area contributed by atoms with Gasteiger partial charge in [0.15, 0.2) is 0 Å². The molecule has 106 valence electrons. The number of pyridine rings is 1. The van der Waals surface area contributed by atoms with Crippen LogP contribution in [-0.2, 0) is 0 Å². The van der Waals surface area contributed by atoms with Gasteiger partial charge in [-0.05, 0) is 36.4 Å². The lowest BCUT2D eigenvalue weighted by Crippen LogP contribution is -2.27. The van der Waals surface area contributed by atoms with E-state index in [0.717, 1.165) is 5.69 Å². The summed E-state index contributed by atoms with van der Waals surface area (Å²) in [6.07, 6.45) is 3.13. The first-order valence-electron chi connectivity index (χ1n) is 6.61. The van der Waals surface area contributed by atoms with Gasteiger partial charge < -0.3 is 10.6 Å². The largest absolute Gasteiger partial charge is 0.336 e. The van der Waals surface area contributed by atoms with Gasteiger partial charge in [0.05, 0.1) is 5.56 Å². The molecule has 0 aliphatic carbocycles. The molecule has 6 heteroatoms. The summed E-state index contributed by atoms with van der Waals surface area (Å²) in [5.41, 5.74) is 1.98. The predicted octanol–water partition coefficient (Wildman–Crippen LogP) is 1.86. The molecule has 1 saturated heterocycles. The lowest BCUT2D eigenvalue weighted by molar-refractivity contribution is 0.102. The molecule has 0 saturated carbocycles. The van der Waals surface area contributed by atoms with Gasteiger partial charge in [-0.3, -0.25) is 14.7 Å². The predicted molar refractivity (Wildman–Crippen MR) is 79.4 cm³/mol. The molecule has 0 atom stereocenters. The maximum absolute atomic E-state index is 12.0. The molecular weight excluding hydrogens is 268 g/mol. The molecule has 1 aliphatic heterocycles.